The largest absolute Gasteiger partial charge is 0.396 e. The summed E-state index contributed by atoms with van der Waals surface area (Å²) < 4.78 is 24.4. The summed E-state index contributed by atoms with van der Waals surface area (Å²) in [5, 5.41) is 5.09. The number of hydrogen-bond acceptors (Lipinski definition) is 4. The number of sulfonamides is 1. The van der Waals surface area contributed by atoms with E-state index in [0.29, 0.717) is 11.5 Å². The number of hydrogen-bond donors (Lipinski definition) is 2. The van der Waals surface area contributed by atoms with Crippen LogP contribution in [0.15, 0.2) is 35.5 Å². The van der Waals surface area contributed by atoms with Crippen LogP contribution in [0.4, 0.5) is 5.69 Å². The van der Waals surface area contributed by atoms with Crippen LogP contribution >= 0.6 is 0 Å². The van der Waals surface area contributed by atoms with Crippen LogP contribution in [-0.2, 0) is 10.0 Å². The van der Waals surface area contributed by atoms with E-state index in [2.05, 4.69) is 4.98 Å². The van der Waals surface area contributed by atoms with Gasteiger partial charge in [0.1, 0.15) is 10.7 Å². The van der Waals surface area contributed by atoms with Crippen LogP contribution in [0.5, 0.6) is 0 Å². The van der Waals surface area contributed by atoms with Gasteiger partial charge in [-0.3, -0.25) is 0 Å². The molecule has 0 saturated carbocycles. The minimum Gasteiger partial charge on any atom is -0.396 e. The molecule has 90 valence electrons. The molecule has 1 heterocycles. The van der Waals surface area contributed by atoms with E-state index < -0.39 is 10.0 Å². The Balaban J connectivity index is 2.71. The molecule has 0 unspecified atom stereocenters. The van der Waals surface area contributed by atoms with E-state index in [-0.39, 0.29) is 10.6 Å². The number of nitrogen functional groups attached to an aromatic ring is 1. The van der Waals surface area contributed by atoms with Gasteiger partial charge in [0.2, 0.25) is 10.0 Å². The highest BCUT2D eigenvalue weighted by Crippen LogP contribution is 2.25. The molecule has 1 aromatic carbocycles. The molecule has 0 amide bonds. The summed E-state index contributed by atoms with van der Waals surface area (Å²) in [5.74, 6) is 0.711. The molecule has 0 aliphatic carbocycles. The van der Waals surface area contributed by atoms with Crippen molar-refractivity contribution in [3.05, 3.63) is 36.4 Å². The number of imidazole rings is 1. The molecule has 4 N–H and O–H groups in total. The molecular formula is C10H12N4O2S. The fourth-order valence-corrected chi connectivity index (χ4v) is 2.30. The standard InChI is InChI=1S/C10H12N4O2S/c1-7-13-5-6-14(7)8-3-2-4-9(10(8)11)17(12,15)16/h2-6H,11H2,1H3,(H2,12,15,16). The maximum absolute atomic E-state index is 11.3. The summed E-state index contributed by atoms with van der Waals surface area (Å²) in [5.41, 5.74) is 6.49. The number of primary sulfonamides is 1. The average Bonchev–Trinajstić information content (AvgIpc) is 2.63. The topological polar surface area (TPSA) is 104 Å². The molecule has 1 aromatic heterocycles. The summed E-state index contributed by atoms with van der Waals surface area (Å²) in [4.78, 5) is 3.97. The highest BCUT2D eigenvalue weighted by atomic mass is 32.2. The van der Waals surface area contributed by atoms with Crippen LogP contribution in [0.25, 0.3) is 5.69 Å². The Morgan fingerprint density at radius 1 is 1.35 bits per heavy atom. The Bertz CT molecular complexity index is 661. The lowest BCUT2D eigenvalue weighted by molar-refractivity contribution is 0.598. The number of aromatic nitrogens is 2. The molecule has 0 radical (unpaired) electrons. The van der Waals surface area contributed by atoms with E-state index in [1.165, 1.54) is 6.07 Å². The monoisotopic (exact) mass is 252 g/mol. The molecular weight excluding hydrogens is 240 g/mol. The maximum atomic E-state index is 11.3. The predicted molar refractivity (Wildman–Crippen MR) is 64.1 cm³/mol. The van der Waals surface area contributed by atoms with Crippen molar-refractivity contribution in [3.8, 4) is 5.69 Å². The third-order valence-electron chi connectivity index (χ3n) is 2.43. The van der Waals surface area contributed by atoms with Crippen molar-refractivity contribution in [1.82, 2.24) is 9.55 Å². The number of para-hydroxylation sites is 1. The zero-order valence-corrected chi connectivity index (χ0v) is 9.98. The van der Waals surface area contributed by atoms with Crippen LogP contribution in [0.3, 0.4) is 0 Å². The fraction of sp³-hybridized carbons (Fsp3) is 0.100. The number of anilines is 1. The molecule has 0 bridgehead atoms. The average molecular weight is 252 g/mol. The van der Waals surface area contributed by atoms with Gasteiger partial charge in [-0.25, -0.2) is 18.5 Å². The second-order valence-corrected chi connectivity index (χ2v) is 5.11. The molecule has 2 rings (SSSR count). The van der Waals surface area contributed by atoms with Gasteiger partial charge in [-0.1, -0.05) is 6.07 Å². The predicted octanol–water partition coefficient (Wildman–Crippen LogP) is 0.410. The minimum absolute atomic E-state index is 0.0805. The van der Waals surface area contributed by atoms with Crippen molar-refractivity contribution < 1.29 is 8.42 Å². The summed E-state index contributed by atoms with van der Waals surface area (Å²) in [6.45, 7) is 1.79. The second kappa shape index (κ2) is 3.86. The molecule has 6 nitrogen and oxygen atoms in total. The SMILES string of the molecule is Cc1nccn1-c1cccc(S(N)(=O)=O)c1N. The molecule has 0 atom stereocenters. The van der Waals surface area contributed by atoms with Gasteiger partial charge in [-0.05, 0) is 19.1 Å². The van der Waals surface area contributed by atoms with E-state index in [1.807, 2.05) is 0 Å². The lowest BCUT2D eigenvalue weighted by Gasteiger charge is -2.11. The number of benzene rings is 1. The molecule has 0 fully saturated rings. The Kier molecular flexibility index (Phi) is 2.64. The van der Waals surface area contributed by atoms with E-state index in [4.69, 9.17) is 10.9 Å². The van der Waals surface area contributed by atoms with Gasteiger partial charge in [0, 0.05) is 12.4 Å². The lowest BCUT2D eigenvalue weighted by atomic mass is 10.2. The first kappa shape index (κ1) is 11.6. The minimum atomic E-state index is -3.82. The van der Waals surface area contributed by atoms with Gasteiger partial charge in [0.25, 0.3) is 0 Å². The summed E-state index contributed by atoms with van der Waals surface area (Å²) >= 11 is 0. The van der Waals surface area contributed by atoms with Crippen LogP contribution in [0, 0.1) is 6.92 Å². The molecule has 0 aliphatic heterocycles. The quantitative estimate of drug-likeness (QED) is 0.755. The first-order chi connectivity index (χ1) is 7.91. The number of rotatable bonds is 2. The van der Waals surface area contributed by atoms with Crippen LogP contribution < -0.4 is 10.9 Å². The molecule has 0 saturated heterocycles. The summed E-state index contributed by atoms with van der Waals surface area (Å²) in [6, 6.07) is 4.67. The Morgan fingerprint density at radius 2 is 2.06 bits per heavy atom. The zero-order valence-electron chi connectivity index (χ0n) is 9.16. The van der Waals surface area contributed by atoms with Crippen LogP contribution in [-0.4, -0.2) is 18.0 Å². The lowest BCUT2D eigenvalue weighted by Crippen LogP contribution is -2.15. The van der Waals surface area contributed by atoms with Crippen LogP contribution in [0.1, 0.15) is 5.82 Å². The second-order valence-electron chi connectivity index (χ2n) is 3.58. The van der Waals surface area contributed by atoms with E-state index >= 15 is 0 Å². The van der Waals surface area contributed by atoms with Gasteiger partial charge in [-0.2, -0.15) is 0 Å². The van der Waals surface area contributed by atoms with Crippen molar-refractivity contribution in [3.63, 3.8) is 0 Å². The van der Waals surface area contributed by atoms with Gasteiger partial charge >= 0.3 is 0 Å². The van der Waals surface area contributed by atoms with E-state index in [9.17, 15) is 8.42 Å². The van der Waals surface area contributed by atoms with Gasteiger partial charge in [0.15, 0.2) is 0 Å². The summed E-state index contributed by atoms with van der Waals surface area (Å²) in [6.07, 6.45) is 3.31. The Morgan fingerprint density at radius 3 is 2.59 bits per heavy atom. The van der Waals surface area contributed by atoms with Crippen molar-refractivity contribution in [2.24, 2.45) is 5.14 Å². The number of nitrogens with zero attached hydrogens (tertiary/aromatic N) is 2. The first-order valence-corrected chi connectivity index (χ1v) is 6.37. The molecule has 7 heteroatoms. The van der Waals surface area contributed by atoms with Crippen molar-refractivity contribution >= 4 is 15.7 Å². The number of aryl methyl sites for hydroxylation is 1. The normalized spacial score (nSPS) is 11.6. The molecule has 0 aliphatic rings. The molecule has 0 spiro atoms. The van der Waals surface area contributed by atoms with E-state index in [1.54, 1.807) is 36.0 Å². The van der Waals surface area contributed by atoms with Gasteiger partial charge in [0.05, 0.1) is 11.4 Å². The van der Waals surface area contributed by atoms with Gasteiger partial charge in [-0.15, -0.1) is 0 Å². The van der Waals surface area contributed by atoms with Crippen molar-refractivity contribution in [2.75, 3.05) is 5.73 Å². The van der Waals surface area contributed by atoms with E-state index in [0.717, 1.165) is 0 Å². The smallest absolute Gasteiger partial charge is 0.240 e. The highest BCUT2D eigenvalue weighted by molar-refractivity contribution is 7.89. The number of nitrogens with two attached hydrogens (primary N) is 2. The maximum Gasteiger partial charge on any atom is 0.240 e. The summed E-state index contributed by atoms with van der Waals surface area (Å²) in [7, 11) is -3.82. The van der Waals surface area contributed by atoms with Crippen molar-refractivity contribution in [1.29, 1.82) is 0 Å². The fourth-order valence-electron chi connectivity index (χ4n) is 1.62. The molecule has 2 aromatic rings. The van der Waals surface area contributed by atoms with Gasteiger partial charge < -0.3 is 10.3 Å². The third kappa shape index (κ3) is 2.02. The zero-order chi connectivity index (χ0) is 12.6. The first-order valence-electron chi connectivity index (χ1n) is 4.83. The van der Waals surface area contributed by atoms with Crippen molar-refractivity contribution in [2.45, 2.75) is 11.8 Å². The Labute approximate surface area is 98.9 Å². The highest BCUT2D eigenvalue weighted by Gasteiger charge is 2.16. The molecule has 17 heavy (non-hydrogen) atoms. The van der Waals surface area contributed by atoms with Crippen LogP contribution in [0.2, 0.25) is 0 Å². The third-order valence-corrected chi connectivity index (χ3v) is 3.40. The Hall–Kier alpha value is -1.86.